The summed E-state index contributed by atoms with van der Waals surface area (Å²) in [5.41, 5.74) is 3.01. The minimum atomic E-state index is -0.503. The Morgan fingerprint density at radius 1 is 0.946 bits per heavy atom. The number of nitro benzene ring substituents is 1. The van der Waals surface area contributed by atoms with Gasteiger partial charge in [0.15, 0.2) is 11.5 Å². The van der Waals surface area contributed by atoms with Crippen LogP contribution in [0, 0.1) is 10.1 Å². The van der Waals surface area contributed by atoms with E-state index in [-0.39, 0.29) is 17.2 Å². The third-order valence-electron chi connectivity index (χ3n) is 5.57. The highest BCUT2D eigenvalue weighted by Crippen LogP contribution is 2.34. The molecule has 37 heavy (non-hydrogen) atoms. The maximum absolute atomic E-state index is 13.4. The first-order chi connectivity index (χ1) is 17.9. The lowest BCUT2D eigenvalue weighted by molar-refractivity contribution is -0.384. The molecule has 0 bridgehead atoms. The summed E-state index contributed by atoms with van der Waals surface area (Å²) in [7, 11) is 3.10. The van der Waals surface area contributed by atoms with Gasteiger partial charge in [-0.25, -0.2) is 0 Å². The number of benzene rings is 3. The summed E-state index contributed by atoms with van der Waals surface area (Å²) in [6.07, 6.45) is 5.57. The van der Waals surface area contributed by atoms with Gasteiger partial charge >= 0.3 is 0 Å². The number of non-ortho nitro benzene ring substituents is 1. The van der Waals surface area contributed by atoms with Crippen LogP contribution in [0.5, 0.6) is 11.5 Å². The van der Waals surface area contributed by atoms with Gasteiger partial charge in [0.25, 0.3) is 11.6 Å². The van der Waals surface area contributed by atoms with Crippen LogP contribution in [0.4, 0.5) is 11.4 Å². The number of hydrogen-bond donors (Lipinski definition) is 0. The van der Waals surface area contributed by atoms with Crippen molar-refractivity contribution in [1.29, 1.82) is 0 Å². The van der Waals surface area contributed by atoms with E-state index in [2.05, 4.69) is 5.10 Å². The van der Waals surface area contributed by atoms with Crippen LogP contribution in [-0.2, 0) is 9.53 Å². The highest BCUT2D eigenvalue weighted by Gasteiger charge is 2.33. The van der Waals surface area contributed by atoms with Crippen molar-refractivity contribution < 1.29 is 23.9 Å². The molecule has 9 nitrogen and oxygen atoms in total. The van der Waals surface area contributed by atoms with Gasteiger partial charge in [0, 0.05) is 12.1 Å². The number of nitrogens with zero attached hydrogens (tertiary/aromatic N) is 3. The number of rotatable bonds is 8. The number of hydrazone groups is 1. The van der Waals surface area contributed by atoms with Crippen LogP contribution in [0.1, 0.15) is 23.6 Å². The predicted octanol–water partition coefficient (Wildman–Crippen LogP) is 5.56. The molecule has 4 rings (SSSR count). The van der Waals surface area contributed by atoms with E-state index < -0.39 is 10.8 Å². The van der Waals surface area contributed by atoms with E-state index in [4.69, 9.17) is 14.2 Å². The van der Waals surface area contributed by atoms with Gasteiger partial charge in [-0.2, -0.15) is 5.01 Å². The minimum absolute atomic E-state index is 0.0830. The average molecular weight is 500 g/mol. The third kappa shape index (κ3) is 5.51. The van der Waals surface area contributed by atoms with Crippen LogP contribution in [0.3, 0.4) is 0 Å². The lowest BCUT2D eigenvalue weighted by Crippen LogP contribution is -2.21. The number of methoxy groups -OCH3 is 2. The Balaban J connectivity index is 1.78. The van der Waals surface area contributed by atoms with E-state index in [9.17, 15) is 14.9 Å². The Hall–Kier alpha value is -4.92. The topological polar surface area (TPSA) is 104 Å². The van der Waals surface area contributed by atoms with Crippen molar-refractivity contribution in [3.63, 3.8) is 0 Å². The van der Waals surface area contributed by atoms with Crippen molar-refractivity contribution in [3.8, 4) is 11.5 Å². The Bertz CT molecular complexity index is 1400. The molecule has 0 N–H and O–H groups in total. The summed E-state index contributed by atoms with van der Waals surface area (Å²) in [5.74, 6) is 0.767. The third-order valence-corrected chi connectivity index (χ3v) is 5.57. The zero-order valence-corrected chi connectivity index (χ0v) is 20.6. The van der Waals surface area contributed by atoms with Gasteiger partial charge in [0.05, 0.1) is 31.4 Å². The number of hydrogen-bond acceptors (Lipinski definition) is 7. The van der Waals surface area contributed by atoms with E-state index in [1.807, 2.05) is 48.6 Å². The molecule has 0 unspecified atom stereocenters. The van der Waals surface area contributed by atoms with Gasteiger partial charge in [0.2, 0.25) is 5.90 Å². The van der Waals surface area contributed by atoms with Crippen molar-refractivity contribution in [2.24, 2.45) is 5.10 Å². The maximum Gasteiger partial charge on any atom is 0.284 e. The summed E-state index contributed by atoms with van der Waals surface area (Å²) in [4.78, 5) is 23.9. The summed E-state index contributed by atoms with van der Waals surface area (Å²) in [6.45, 7) is 2.09. The molecule has 188 valence electrons. The second kappa shape index (κ2) is 11.2. The van der Waals surface area contributed by atoms with Crippen molar-refractivity contribution in [2.45, 2.75) is 6.92 Å². The molecule has 0 saturated heterocycles. The van der Waals surface area contributed by atoms with Gasteiger partial charge in [-0.15, -0.1) is 5.10 Å². The molecule has 1 aliphatic rings. The van der Waals surface area contributed by atoms with Crippen LogP contribution >= 0.6 is 0 Å². The fourth-order valence-corrected chi connectivity index (χ4v) is 3.74. The Morgan fingerprint density at radius 3 is 2.19 bits per heavy atom. The monoisotopic (exact) mass is 499 g/mol. The van der Waals surface area contributed by atoms with E-state index in [0.717, 1.165) is 11.1 Å². The molecule has 9 heteroatoms. The fourth-order valence-electron chi connectivity index (χ4n) is 3.74. The fraction of sp³-hybridized carbons (Fsp3) is 0.143. The quantitative estimate of drug-likeness (QED) is 0.174. The summed E-state index contributed by atoms with van der Waals surface area (Å²) < 4.78 is 16.7. The van der Waals surface area contributed by atoms with Crippen LogP contribution < -0.4 is 14.5 Å². The molecule has 3 aromatic carbocycles. The number of anilines is 1. The molecule has 3 aromatic rings. The molecule has 1 heterocycles. The SMILES string of the molecule is CCOC1=NN(c2ccc([N+](=O)[O-])cc2)C(=O)C1=Cc1cc(OC)c(OC)cc1C=Cc1ccccc1. The molecule has 0 aromatic heterocycles. The molecule has 0 aliphatic carbocycles. The van der Waals surface area contributed by atoms with Crippen LogP contribution in [0.2, 0.25) is 0 Å². The number of amides is 1. The molecule has 1 aliphatic heterocycles. The Labute approximate surface area is 214 Å². The zero-order valence-electron chi connectivity index (χ0n) is 20.6. The summed E-state index contributed by atoms with van der Waals surface area (Å²) in [6, 6.07) is 19.0. The Kier molecular flexibility index (Phi) is 7.63. The first-order valence-electron chi connectivity index (χ1n) is 11.5. The molecule has 0 radical (unpaired) electrons. The minimum Gasteiger partial charge on any atom is -0.493 e. The number of carbonyl (C=O) groups excluding carboxylic acids is 1. The molecule has 0 atom stereocenters. The van der Waals surface area contributed by atoms with E-state index >= 15 is 0 Å². The van der Waals surface area contributed by atoms with Crippen molar-refractivity contribution in [1.82, 2.24) is 0 Å². The predicted molar refractivity (Wildman–Crippen MR) is 143 cm³/mol. The second-order valence-electron chi connectivity index (χ2n) is 7.87. The van der Waals surface area contributed by atoms with Crippen LogP contribution in [0.15, 0.2) is 77.4 Å². The van der Waals surface area contributed by atoms with Crippen LogP contribution in [-0.4, -0.2) is 37.6 Å². The normalized spacial score (nSPS) is 14.2. The lowest BCUT2D eigenvalue weighted by Gasteiger charge is -2.13. The number of nitro groups is 1. The Morgan fingerprint density at radius 2 is 1.59 bits per heavy atom. The first-order valence-corrected chi connectivity index (χ1v) is 11.5. The number of ether oxygens (including phenoxy) is 3. The van der Waals surface area contributed by atoms with E-state index in [0.29, 0.717) is 29.4 Å². The van der Waals surface area contributed by atoms with E-state index in [1.165, 1.54) is 29.3 Å². The molecule has 1 amide bonds. The van der Waals surface area contributed by atoms with Crippen LogP contribution in [0.25, 0.3) is 18.2 Å². The smallest absolute Gasteiger partial charge is 0.284 e. The van der Waals surface area contributed by atoms with Crippen molar-refractivity contribution in [3.05, 3.63) is 99.1 Å². The summed E-state index contributed by atoms with van der Waals surface area (Å²) >= 11 is 0. The second-order valence-corrected chi connectivity index (χ2v) is 7.87. The average Bonchev–Trinajstić information content (AvgIpc) is 3.23. The van der Waals surface area contributed by atoms with E-state index in [1.54, 1.807) is 33.3 Å². The summed E-state index contributed by atoms with van der Waals surface area (Å²) in [5, 5.41) is 16.5. The van der Waals surface area contributed by atoms with Gasteiger partial charge < -0.3 is 14.2 Å². The molecular weight excluding hydrogens is 474 g/mol. The molecule has 0 fully saturated rings. The highest BCUT2D eigenvalue weighted by molar-refractivity contribution is 6.30. The van der Waals surface area contributed by atoms with Gasteiger partial charge in [-0.3, -0.25) is 14.9 Å². The molecule has 0 saturated carbocycles. The first kappa shape index (κ1) is 25.2. The zero-order chi connectivity index (χ0) is 26.4. The lowest BCUT2D eigenvalue weighted by atomic mass is 10.0. The largest absolute Gasteiger partial charge is 0.493 e. The highest BCUT2D eigenvalue weighted by atomic mass is 16.6. The van der Waals surface area contributed by atoms with Gasteiger partial charge in [0.1, 0.15) is 5.57 Å². The van der Waals surface area contributed by atoms with Gasteiger partial charge in [-0.05, 0) is 54.0 Å². The molecular formula is C28H25N3O6. The standard InChI is InChI=1S/C28H25N3O6/c1-4-37-27-24(28(32)30(29-27)22-12-14-23(15-13-22)31(33)34)16-21-18-26(36-3)25(35-2)17-20(21)11-10-19-8-6-5-7-9-19/h5-18H,4H2,1-3H3. The van der Waals surface area contributed by atoms with Crippen molar-refractivity contribution >= 4 is 41.4 Å². The number of carbonyl (C=O) groups is 1. The maximum atomic E-state index is 13.4. The van der Waals surface area contributed by atoms with Gasteiger partial charge in [-0.1, -0.05) is 42.5 Å². The molecule has 0 spiro atoms. The van der Waals surface area contributed by atoms with Crippen molar-refractivity contribution in [2.75, 3.05) is 25.8 Å².